The van der Waals surface area contributed by atoms with Crippen molar-refractivity contribution in [3.63, 3.8) is 0 Å². The smallest absolute Gasteiger partial charge is 0.123 e. The molecule has 0 aliphatic rings. The maximum Gasteiger partial charge on any atom is 0.123 e. The molecular weight excluding hydrogens is 277 g/mol. The summed E-state index contributed by atoms with van der Waals surface area (Å²) in [5, 5.41) is 1.08. The molecule has 0 aliphatic heterocycles. The van der Waals surface area contributed by atoms with Gasteiger partial charge in [-0.05, 0) is 46.6 Å². The number of rotatable bonds is 2. The standard InChI is InChI=1S/C11H9BrFNS/c1-2-9-14-10(11(12)15-9)7-3-5-8(13)6-4-7/h3-6H,2H2,1H3. The lowest BCUT2D eigenvalue weighted by Gasteiger charge is -1.96. The minimum absolute atomic E-state index is 0.221. The van der Waals surface area contributed by atoms with Crippen LogP contribution >= 0.6 is 27.3 Å². The lowest BCUT2D eigenvalue weighted by molar-refractivity contribution is 0.628. The fourth-order valence-electron chi connectivity index (χ4n) is 1.28. The number of nitrogens with zero attached hydrogens (tertiary/aromatic N) is 1. The van der Waals surface area contributed by atoms with Gasteiger partial charge in [-0.3, -0.25) is 0 Å². The summed E-state index contributed by atoms with van der Waals surface area (Å²) < 4.78 is 13.8. The third-order valence-electron chi connectivity index (χ3n) is 2.05. The van der Waals surface area contributed by atoms with E-state index < -0.39 is 0 Å². The van der Waals surface area contributed by atoms with Crippen molar-refractivity contribution in [2.75, 3.05) is 0 Å². The fraction of sp³-hybridized carbons (Fsp3) is 0.182. The lowest BCUT2D eigenvalue weighted by atomic mass is 10.2. The molecule has 0 amide bonds. The second kappa shape index (κ2) is 4.41. The van der Waals surface area contributed by atoms with Crippen molar-refractivity contribution >= 4 is 27.3 Å². The molecule has 0 spiro atoms. The second-order valence-corrected chi connectivity index (χ2v) is 5.49. The molecule has 1 heterocycles. The molecule has 1 nitrogen and oxygen atoms in total. The Labute approximate surface area is 100 Å². The van der Waals surface area contributed by atoms with Gasteiger partial charge in [-0.1, -0.05) is 6.92 Å². The first kappa shape index (κ1) is 10.8. The molecule has 4 heteroatoms. The van der Waals surface area contributed by atoms with E-state index in [0.717, 1.165) is 26.5 Å². The van der Waals surface area contributed by atoms with Crippen molar-refractivity contribution in [3.8, 4) is 11.3 Å². The normalized spacial score (nSPS) is 10.6. The van der Waals surface area contributed by atoms with E-state index in [-0.39, 0.29) is 5.82 Å². The highest BCUT2D eigenvalue weighted by atomic mass is 79.9. The monoisotopic (exact) mass is 285 g/mol. The Morgan fingerprint density at radius 1 is 1.33 bits per heavy atom. The van der Waals surface area contributed by atoms with Crippen LogP contribution in [-0.2, 0) is 6.42 Å². The summed E-state index contributed by atoms with van der Waals surface area (Å²) in [4.78, 5) is 4.48. The van der Waals surface area contributed by atoms with E-state index in [1.807, 2.05) is 0 Å². The highest BCUT2D eigenvalue weighted by molar-refractivity contribution is 9.11. The van der Waals surface area contributed by atoms with Gasteiger partial charge in [-0.15, -0.1) is 11.3 Å². The predicted molar refractivity (Wildman–Crippen MR) is 64.6 cm³/mol. The van der Waals surface area contributed by atoms with Crippen LogP contribution in [-0.4, -0.2) is 4.98 Å². The molecule has 0 N–H and O–H groups in total. The van der Waals surface area contributed by atoms with E-state index in [9.17, 15) is 4.39 Å². The first-order valence-corrected chi connectivity index (χ1v) is 6.22. The second-order valence-electron chi connectivity index (χ2n) is 3.09. The van der Waals surface area contributed by atoms with Crippen LogP contribution in [0.3, 0.4) is 0 Å². The molecular formula is C11H9BrFNS. The van der Waals surface area contributed by atoms with Crippen molar-refractivity contribution < 1.29 is 4.39 Å². The maximum absolute atomic E-state index is 12.7. The average Bonchev–Trinajstić information content (AvgIpc) is 2.61. The third kappa shape index (κ3) is 2.26. The highest BCUT2D eigenvalue weighted by Gasteiger charge is 2.09. The molecule has 0 atom stereocenters. The van der Waals surface area contributed by atoms with Crippen LogP contribution in [0.5, 0.6) is 0 Å². The third-order valence-corrected chi connectivity index (χ3v) is 3.90. The van der Waals surface area contributed by atoms with Crippen LogP contribution in [0.4, 0.5) is 4.39 Å². The molecule has 0 fully saturated rings. The van der Waals surface area contributed by atoms with Gasteiger partial charge in [-0.25, -0.2) is 9.37 Å². The van der Waals surface area contributed by atoms with Gasteiger partial charge in [-0.2, -0.15) is 0 Å². The highest BCUT2D eigenvalue weighted by Crippen LogP contribution is 2.33. The molecule has 1 aromatic heterocycles. The van der Waals surface area contributed by atoms with Gasteiger partial charge in [0.25, 0.3) is 0 Å². The van der Waals surface area contributed by atoms with Gasteiger partial charge >= 0.3 is 0 Å². The maximum atomic E-state index is 12.7. The summed E-state index contributed by atoms with van der Waals surface area (Å²) in [6.07, 6.45) is 0.921. The Balaban J connectivity index is 2.44. The molecule has 0 aliphatic carbocycles. The first-order valence-electron chi connectivity index (χ1n) is 4.62. The van der Waals surface area contributed by atoms with Crippen molar-refractivity contribution in [1.29, 1.82) is 0 Å². The number of aromatic nitrogens is 1. The van der Waals surface area contributed by atoms with E-state index in [1.165, 1.54) is 12.1 Å². The number of hydrogen-bond donors (Lipinski definition) is 0. The summed E-state index contributed by atoms with van der Waals surface area (Å²) in [5.74, 6) is -0.221. The summed E-state index contributed by atoms with van der Waals surface area (Å²) >= 11 is 5.10. The Bertz CT molecular complexity index is 464. The number of hydrogen-bond acceptors (Lipinski definition) is 2. The minimum atomic E-state index is -0.221. The summed E-state index contributed by atoms with van der Waals surface area (Å²) in [6.45, 7) is 2.07. The SMILES string of the molecule is CCc1nc(-c2ccc(F)cc2)c(Br)s1. The number of thiazole rings is 1. The summed E-state index contributed by atoms with van der Waals surface area (Å²) in [5.41, 5.74) is 1.84. The predicted octanol–water partition coefficient (Wildman–Crippen LogP) is 4.27. The zero-order chi connectivity index (χ0) is 10.8. The van der Waals surface area contributed by atoms with Crippen LogP contribution < -0.4 is 0 Å². The Morgan fingerprint density at radius 2 is 2.00 bits per heavy atom. The van der Waals surface area contributed by atoms with Crippen molar-refractivity contribution in [2.24, 2.45) is 0 Å². The zero-order valence-corrected chi connectivity index (χ0v) is 10.5. The average molecular weight is 286 g/mol. The summed E-state index contributed by atoms with van der Waals surface area (Å²) in [6, 6.07) is 6.39. The molecule has 2 rings (SSSR count). The molecule has 1 aromatic carbocycles. The minimum Gasteiger partial charge on any atom is -0.240 e. The Hall–Kier alpha value is -0.740. The Morgan fingerprint density at radius 3 is 2.53 bits per heavy atom. The van der Waals surface area contributed by atoms with Crippen LogP contribution in [0.1, 0.15) is 11.9 Å². The number of halogens is 2. The lowest BCUT2D eigenvalue weighted by Crippen LogP contribution is -1.81. The van der Waals surface area contributed by atoms with Crippen molar-refractivity contribution in [1.82, 2.24) is 4.98 Å². The van der Waals surface area contributed by atoms with Gasteiger partial charge in [0.1, 0.15) is 5.82 Å². The van der Waals surface area contributed by atoms with E-state index in [0.29, 0.717) is 0 Å². The molecule has 2 aromatic rings. The molecule has 0 saturated heterocycles. The van der Waals surface area contributed by atoms with E-state index in [4.69, 9.17) is 0 Å². The van der Waals surface area contributed by atoms with Gasteiger partial charge in [0.05, 0.1) is 14.5 Å². The topological polar surface area (TPSA) is 12.9 Å². The van der Waals surface area contributed by atoms with Crippen molar-refractivity contribution in [2.45, 2.75) is 13.3 Å². The van der Waals surface area contributed by atoms with E-state index in [2.05, 4.69) is 27.8 Å². The zero-order valence-electron chi connectivity index (χ0n) is 8.13. The summed E-state index contributed by atoms with van der Waals surface area (Å²) in [7, 11) is 0. The largest absolute Gasteiger partial charge is 0.240 e. The molecule has 0 unspecified atom stereocenters. The van der Waals surface area contributed by atoms with Crippen LogP contribution in [0.25, 0.3) is 11.3 Å². The van der Waals surface area contributed by atoms with Crippen LogP contribution in [0.2, 0.25) is 0 Å². The number of aryl methyl sites for hydroxylation is 1. The Kier molecular flexibility index (Phi) is 3.17. The fourth-order valence-corrected chi connectivity index (χ4v) is 2.91. The molecule has 0 radical (unpaired) electrons. The molecule has 78 valence electrons. The van der Waals surface area contributed by atoms with Crippen LogP contribution in [0, 0.1) is 5.82 Å². The van der Waals surface area contributed by atoms with Gasteiger partial charge in [0, 0.05) is 5.56 Å². The van der Waals surface area contributed by atoms with Crippen molar-refractivity contribution in [3.05, 3.63) is 38.9 Å². The van der Waals surface area contributed by atoms with Gasteiger partial charge in [0.2, 0.25) is 0 Å². The molecule has 0 bridgehead atoms. The van der Waals surface area contributed by atoms with Crippen LogP contribution in [0.15, 0.2) is 28.1 Å². The molecule has 0 saturated carbocycles. The molecule has 15 heavy (non-hydrogen) atoms. The first-order chi connectivity index (χ1) is 7.20. The van der Waals surface area contributed by atoms with Gasteiger partial charge < -0.3 is 0 Å². The van der Waals surface area contributed by atoms with E-state index >= 15 is 0 Å². The quantitative estimate of drug-likeness (QED) is 0.803. The number of benzene rings is 1. The van der Waals surface area contributed by atoms with Gasteiger partial charge in [0.15, 0.2) is 0 Å². The van der Waals surface area contributed by atoms with E-state index in [1.54, 1.807) is 23.5 Å².